The van der Waals surface area contributed by atoms with E-state index in [1.807, 2.05) is 13.8 Å². The fourth-order valence-electron chi connectivity index (χ4n) is 3.83. The van der Waals surface area contributed by atoms with Crippen molar-refractivity contribution in [3.05, 3.63) is 0 Å². The molecule has 6 nitrogen and oxygen atoms in total. The predicted octanol–water partition coefficient (Wildman–Crippen LogP) is 3.42. The first-order chi connectivity index (χ1) is 11.5. The van der Waals surface area contributed by atoms with Gasteiger partial charge in [-0.3, -0.25) is 0 Å². The molecule has 2 fully saturated rings. The lowest BCUT2D eigenvalue weighted by atomic mass is 9.89. The Hall–Kier alpha value is -1.30. The highest BCUT2D eigenvalue weighted by atomic mass is 16.6. The van der Waals surface area contributed by atoms with Crippen LogP contribution in [0, 0.1) is 5.92 Å². The van der Waals surface area contributed by atoms with E-state index in [2.05, 4.69) is 17.0 Å². The van der Waals surface area contributed by atoms with Crippen LogP contribution < -0.4 is 0 Å². The topological polar surface area (TPSA) is 65.4 Å². The molecule has 6 heteroatoms. The zero-order valence-corrected chi connectivity index (χ0v) is 15.4. The van der Waals surface area contributed by atoms with Crippen molar-refractivity contribution in [1.82, 2.24) is 9.80 Å². The first-order valence-corrected chi connectivity index (χ1v) is 9.45. The number of hydrogen-bond acceptors (Lipinski definition) is 4. The van der Waals surface area contributed by atoms with Crippen molar-refractivity contribution in [2.24, 2.45) is 11.1 Å². The third-order valence-corrected chi connectivity index (χ3v) is 5.23. The van der Waals surface area contributed by atoms with Gasteiger partial charge in [-0.15, -0.1) is 0 Å². The zero-order valence-electron chi connectivity index (χ0n) is 15.4. The minimum absolute atomic E-state index is 0.134. The second kappa shape index (κ2) is 9.25. The van der Waals surface area contributed by atoms with Crippen molar-refractivity contribution in [2.75, 3.05) is 26.2 Å². The van der Waals surface area contributed by atoms with Gasteiger partial charge in [0.05, 0.1) is 5.71 Å². The normalized spacial score (nSPS) is 24.9. The number of likely N-dealkylation sites (tertiary alicyclic amines) is 2. The minimum atomic E-state index is -0.775. The van der Waals surface area contributed by atoms with Crippen LogP contribution in [0.25, 0.3) is 0 Å². The Labute approximate surface area is 145 Å². The Morgan fingerprint density at radius 3 is 2.46 bits per heavy atom. The predicted molar refractivity (Wildman–Crippen MR) is 95.5 cm³/mol. The molecule has 2 rings (SSSR count). The Morgan fingerprint density at radius 2 is 1.88 bits per heavy atom. The van der Waals surface area contributed by atoms with Crippen LogP contribution in [-0.4, -0.2) is 65.0 Å². The lowest BCUT2D eigenvalue weighted by molar-refractivity contribution is 0.0818. The summed E-state index contributed by atoms with van der Waals surface area (Å²) in [5, 5.41) is 13.5. The Balaban J connectivity index is 1.83. The van der Waals surface area contributed by atoms with E-state index < -0.39 is 6.09 Å². The fourth-order valence-corrected chi connectivity index (χ4v) is 3.83. The van der Waals surface area contributed by atoms with E-state index in [1.165, 1.54) is 5.71 Å². The number of carbonyl (C=O) groups is 1. The van der Waals surface area contributed by atoms with Gasteiger partial charge in [-0.1, -0.05) is 12.1 Å². The summed E-state index contributed by atoms with van der Waals surface area (Å²) >= 11 is 0. The molecule has 0 aromatic carbocycles. The van der Waals surface area contributed by atoms with Crippen molar-refractivity contribution >= 4 is 11.8 Å². The summed E-state index contributed by atoms with van der Waals surface area (Å²) in [7, 11) is 0. The maximum Gasteiger partial charge on any atom is 0.407 e. The molecule has 138 valence electrons. The van der Waals surface area contributed by atoms with Gasteiger partial charge in [0.25, 0.3) is 0 Å². The molecule has 24 heavy (non-hydrogen) atoms. The third kappa shape index (κ3) is 5.36. The van der Waals surface area contributed by atoms with Gasteiger partial charge in [-0.05, 0) is 65.5 Å². The van der Waals surface area contributed by atoms with Crippen molar-refractivity contribution in [2.45, 2.75) is 71.4 Å². The first-order valence-electron chi connectivity index (χ1n) is 9.45. The summed E-state index contributed by atoms with van der Waals surface area (Å²) < 4.78 is 0. The molecule has 0 saturated carbocycles. The number of oxime groups is 1. The molecule has 1 unspecified atom stereocenters. The number of carboxylic acid groups (broad SMARTS) is 1. The molecule has 1 N–H and O–H groups in total. The summed E-state index contributed by atoms with van der Waals surface area (Å²) in [5.41, 5.74) is 1.20. The van der Waals surface area contributed by atoms with Crippen molar-refractivity contribution in [1.29, 1.82) is 0 Å². The largest absolute Gasteiger partial charge is 0.465 e. The van der Waals surface area contributed by atoms with E-state index in [0.29, 0.717) is 25.0 Å². The SMILES string of the molecule is CCC(=NOC(C)C)C1CCN(C2CCCN(C(=O)O)CC2)CC1. The van der Waals surface area contributed by atoms with Crippen LogP contribution >= 0.6 is 0 Å². The molecular weight excluding hydrogens is 306 g/mol. The number of amides is 1. The second-order valence-electron chi connectivity index (χ2n) is 7.25. The molecule has 2 aliphatic rings. The number of piperidine rings is 1. The van der Waals surface area contributed by atoms with Crippen molar-refractivity contribution in [3.8, 4) is 0 Å². The first kappa shape index (κ1) is 19.0. The monoisotopic (exact) mass is 339 g/mol. The summed E-state index contributed by atoms with van der Waals surface area (Å²) in [6.07, 6.45) is 5.62. The van der Waals surface area contributed by atoms with Crippen LogP contribution in [0.3, 0.4) is 0 Å². The molecule has 1 amide bonds. The van der Waals surface area contributed by atoms with Crippen LogP contribution in [-0.2, 0) is 4.84 Å². The average molecular weight is 339 g/mol. The van der Waals surface area contributed by atoms with E-state index in [-0.39, 0.29) is 6.10 Å². The number of nitrogens with zero attached hydrogens (tertiary/aromatic N) is 3. The van der Waals surface area contributed by atoms with E-state index in [1.54, 1.807) is 4.90 Å². The fraction of sp³-hybridized carbons (Fsp3) is 0.889. The molecule has 0 aromatic rings. The van der Waals surface area contributed by atoms with Gasteiger partial charge in [0, 0.05) is 25.0 Å². The molecular formula is C18H33N3O3. The molecule has 0 aromatic heterocycles. The second-order valence-corrected chi connectivity index (χ2v) is 7.25. The molecule has 2 aliphatic heterocycles. The molecule has 0 bridgehead atoms. The molecule has 1 atom stereocenters. The summed E-state index contributed by atoms with van der Waals surface area (Å²) in [6, 6.07) is 0.532. The average Bonchev–Trinajstić information content (AvgIpc) is 2.82. The highest BCUT2D eigenvalue weighted by molar-refractivity contribution is 5.86. The Bertz CT molecular complexity index is 431. The van der Waals surface area contributed by atoms with Gasteiger partial charge in [0.2, 0.25) is 0 Å². The minimum Gasteiger partial charge on any atom is -0.465 e. The lowest BCUT2D eigenvalue weighted by Crippen LogP contribution is -2.43. The van der Waals surface area contributed by atoms with E-state index in [4.69, 9.17) is 9.94 Å². The van der Waals surface area contributed by atoms with Gasteiger partial charge in [-0.2, -0.15) is 0 Å². The van der Waals surface area contributed by atoms with Gasteiger partial charge in [-0.25, -0.2) is 4.79 Å². The quantitative estimate of drug-likeness (QED) is 0.616. The Kier molecular flexibility index (Phi) is 7.34. The number of hydrogen-bond donors (Lipinski definition) is 1. The van der Waals surface area contributed by atoms with Crippen LogP contribution in [0.2, 0.25) is 0 Å². The number of rotatable bonds is 5. The molecule has 2 saturated heterocycles. The van der Waals surface area contributed by atoms with E-state index >= 15 is 0 Å². The molecule has 0 aliphatic carbocycles. The highest BCUT2D eigenvalue weighted by Gasteiger charge is 2.29. The highest BCUT2D eigenvalue weighted by Crippen LogP contribution is 2.26. The van der Waals surface area contributed by atoms with Crippen LogP contribution in [0.15, 0.2) is 5.16 Å². The van der Waals surface area contributed by atoms with Gasteiger partial charge >= 0.3 is 6.09 Å². The Morgan fingerprint density at radius 1 is 1.17 bits per heavy atom. The van der Waals surface area contributed by atoms with Crippen LogP contribution in [0.4, 0.5) is 4.79 Å². The smallest absolute Gasteiger partial charge is 0.407 e. The van der Waals surface area contributed by atoms with E-state index in [9.17, 15) is 4.79 Å². The zero-order chi connectivity index (χ0) is 17.5. The van der Waals surface area contributed by atoms with E-state index in [0.717, 1.165) is 51.6 Å². The van der Waals surface area contributed by atoms with Crippen molar-refractivity contribution < 1.29 is 14.7 Å². The van der Waals surface area contributed by atoms with Crippen LogP contribution in [0.1, 0.15) is 59.3 Å². The third-order valence-electron chi connectivity index (χ3n) is 5.23. The van der Waals surface area contributed by atoms with Gasteiger partial charge < -0.3 is 19.7 Å². The van der Waals surface area contributed by atoms with Crippen LogP contribution in [0.5, 0.6) is 0 Å². The summed E-state index contributed by atoms with van der Waals surface area (Å²) in [5.74, 6) is 0.534. The molecule has 0 spiro atoms. The standard InChI is InChI=1S/C18H33N3O3/c1-4-17(19-24-14(2)3)15-7-11-20(12-8-15)16-6-5-10-21(13-9-16)18(22)23/h14-16H,4-13H2,1-3H3,(H,22,23). The maximum atomic E-state index is 11.1. The lowest BCUT2D eigenvalue weighted by Gasteiger charge is -2.37. The molecule has 0 radical (unpaired) electrons. The van der Waals surface area contributed by atoms with Gasteiger partial charge in [0.15, 0.2) is 0 Å². The molecule has 2 heterocycles. The van der Waals surface area contributed by atoms with Gasteiger partial charge in [0.1, 0.15) is 6.10 Å². The summed E-state index contributed by atoms with van der Waals surface area (Å²) in [6.45, 7) is 9.69. The van der Waals surface area contributed by atoms with Crippen molar-refractivity contribution in [3.63, 3.8) is 0 Å². The maximum absolute atomic E-state index is 11.1. The summed E-state index contributed by atoms with van der Waals surface area (Å²) in [4.78, 5) is 20.7.